The van der Waals surface area contributed by atoms with Crippen molar-refractivity contribution < 1.29 is 4.79 Å². The fourth-order valence-electron chi connectivity index (χ4n) is 3.92. The highest BCUT2D eigenvalue weighted by Gasteiger charge is 2.39. The fourth-order valence-corrected chi connectivity index (χ4v) is 3.92. The maximum Gasteiger partial charge on any atom is 0.254 e. The maximum atomic E-state index is 12.8. The summed E-state index contributed by atoms with van der Waals surface area (Å²) in [6.45, 7) is 0. The van der Waals surface area contributed by atoms with Crippen molar-refractivity contribution >= 4 is 16.7 Å². The van der Waals surface area contributed by atoms with Gasteiger partial charge in [-0.1, -0.05) is 30.3 Å². The minimum absolute atomic E-state index is 0.239. The molecule has 2 aliphatic rings. The van der Waals surface area contributed by atoms with Crippen LogP contribution < -0.4 is 0 Å². The van der Waals surface area contributed by atoms with Crippen molar-refractivity contribution in [3.63, 3.8) is 0 Å². The van der Waals surface area contributed by atoms with E-state index < -0.39 is 0 Å². The van der Waals surface area contributed by atoms with Crippen LogP contribution in [-0.2, 0) is 0 Å². The Morgan fingerprint density at radius 1 is 0.900 bits per heavy atom. The Bertz CT molecular complexity index is 647. The summed E-state index contributed by atoms with van der Waals surface area (Å²) in [6.07, 6.45) is 6.07. The Labute approximate surface area is 119 Å². The topological polar surface area (TPSA) is 20.3 Å². The molecular weight excluding hydrogens is 246 g/mol. The molecule has 4 rings (SSSR count). The van der Waals surface area contributed by atoms with Gasteiger partial charge in [-0.25, -0.2) is 0 Å². The zero-order chi connectivity index (χ0) is 13.5. The van der Waals surface area contributed by atoms with Crippen molar-refractivity contribution in [3.8, 4) is 0 Å². The van der Waals surface area contributed by atoms with E-state index in [2.05, 4.69) is 23.1 Å². The summed E-state index contributed by atoms with van der Waals surface area (Å²) in [5.74, 6) is 0.239. The smallest absolute Gasteiger partial charge is 0.254 e. The number of nitrogens with zero attached hydrogens (tertiary/aromatic N) is 1. The SMILES string of the molecule is O=C(c1ccc2ccccc2c1)N1C2CCCC1CC2. The number of hydrogen-bond donors (Lipinski definition) is 0. The van der Waals surface area contributed by atoms with E-state index in [1.54, 1.807) is 0 Å². The number of hydrogen-bond acceptors (Lipinski definition) is 1. The molecule has 102 valence electrons. The number of amides is 1. The molecule has 0 N–H and O–H groups in total. The lowest BCUT2D eigenvalue weighted by atomic mass is 10.0. The van der Waals surface area contributed by atoms with Crippen LogP contribution in [0.4, 0.5) is 0 Å². The molecule has 0 saturated carbocycles. The van der Waals surface area contributed by atoms with Gasteiger partial charge in [0.05, 0.1) is 0 Å². The fraction of sp³-hybridized carbons (Fsp3) is 0.389. The Morgan fingerprint density at radius 2 is 1.60 bits per heavy atom. The van der Waals surface area contributed by atoms with Crippen molar-refractivity contribution in [1.29, 1.82) is 0 Å². The molecule has 2 bridgehead atoms. The lowest BCUT2D eigenvalue weighted by Crippen LogP contribution is -2.43. The standard InChI is InChI=1S/C18H19NO/c20-18(19-16-6-3-7-17(19)11-10-16)15-9-8-13-4-1-2-5-14(13)12-15/h1-2,4-5,8-9,12,16-17H,3,6-7,10-11H2. The van der Waals surface area contributed by atoms with Crippen LogP contribution >= 0.6 is 0 Å². The summed E-state index contributed by atoms with van der Waals surface area (Å²) < 4.78 is 0. The van der Waals surface area contributed by atoms with Gasteiger partial charge in [-0.05, 0) is 55.0 Å². The minimum Gasteiger partial charge on any atom is -0.333 e. The number of fused-ring (bicyclic) bond motifs is 3. The van der Waals surface area contributed by atoms with E-state index in [0.29, 0.717) is 12.1 Å². The maximum absolute atomic E-state index is 12.8. The molecule has 0 aliphatic carbocycles. The van der Waals surface area contributed by atoms with Gasteiger partial charge in [0.1, 0.15) is 0 Å². The van der Waals surface area contributed by atoms with Crippen LogP contribution in [0.25, 0.3) is 10.8 Å². The molecule has 1 amide bonds. The first-order valence-electron chi connectivity index (χ1n) is 7.64. The van der Waals surface area contributed by atoms with Crippen LogP contribution in [0.3, 0.4) is 0 Å². The predicted octanol–water partition coefficient (Wildman–Crippen LogP) is 4.00. The van der Waals surface area contributed by atoms with Gasteiger partial charge in [0, 0.05) is 17.6 Å². The van der Waals surface area contributed by atoms with Gasteiger partial charge in [-0.3, -0.25) is 4.79 Å². The van der Waals surface area contributed by atoms with Crippen molar-refractivity contribution in [2.45, 2.75) is 44.2 Å². The summed E-state index contributed by atoms with van der Waals surface area (Å²) in [4.78, 5) is 15.0. The molecule has 20 heavy (non-hydrogen) atoms. The first-order chi connectivity index (χ1) is 9.83. The third-order valence-corrected chi connectivity index (χ3v) is 4.93. The summed E-state index contributed by atoms with van der Waals surface area (Å²) in [7, 11) is 0. The van der Waals surface area contributed by atoms with Crippen LogP contribution in [0.15, 0.2) is 42.5 Å². The molecule has 0 radical (unpaired) electrons. The first kappa shape index (κ1) is 12.0. The van der Waals surface area contributed by atoms with Crippen molar-refractivity contribution in [1.82, 2.24) is 4.90 Å². The van der Waals surface area contributed by atoms with E-state index in [9.17, 15) is 4.79 Å². The molecule has 2 atom stereocenters. The van der Waals surface area contributed by atoms with Gasteiger partial charge < -0.3 is 4.90 Å². The van der Waals surface area contributed by atoms with E-state index in [0.717, 1.165) is 10.9 Å². The normalized spacial score (nSPS) is 25.1. The minimum atomic E-state index is 0.239. The molecule has 2 nitrogen and oxygen atoms in total. The van der Waals surface area contributed by atoms with Crippen molar-refractivity contribution in [2.75, 3.05) is 0 Å². The molecule has 2 aromatic rings. The molecule has 0 spiro atoms. The van der Waals surface area contributed by atoms with E-state index in [-0.39, 0.29) is 5.91 Å². The van der Waals surface area contributed by atoms with Gasteiger partial charge in [-0.15, -0.1) is 0 Å². The molecule has 2 heterocycles. The van der Waals surface area contributed by atoms with E-state index in [1.165, 1.54) is 37.5 Å². The van der Waals surface area contributed by atoms with E-state index >= 15 is 0 Å². The number of piperidine rings is 1. The lowest BCUT2D eigenvalue weighted by Gasteiger charge is -2.35. The van der Waals surface area contributed by atoms with Crippen molar-refractivity contribution in [2.24, 2.45) is 0 Å². The number of benzene rings is 2. The van der Waals surface area contributed by atoms with Gasteiger partial charge in [0.15, 0.2) is 0 Å². The molecular formula is C18H19NO. The zero-order valence-corrected chi connectivity index (χ0v) is 11.6. The molecule has 0 aromatic heterocycles. The number of rotatable bonds is 1. The molecule has 2 saturated heterocycles. The van der Waals surface area contributed by atoms with Crippen LogP contribution in [0.5, 0.6) is 0 Å². The highest BCUT2D eigenvalue weighted by molar-refractivity contribution is 5.99. The molecule has 2 unspecified atom stereocenters. The van der Waals surface area contributed by atoms with E-state index in [4.69, 9.17) is 0 Å². The Kier molecular flexibility index (Phi) is 2.76. The molecule has 2 aromatic carbocycles. The Hall–Kier alpha value is -1.83. The summed E-state index contributed by atoms with van der Waals surface area (Å²) in [5.41, 5.74) is 0.850. The van der Waals surface area contributed by atoms with Gasteiger partial charge in [-0.2, -0.15) is 0 Å². The Balaban J connectivity index is 1.70. The van der Waals surface area contributed by atoms with Gasteiger partial charge >= 0.3 is 0 Å². The average molecular weight is 265 g/mol. The van der Waals surface area contributed by atoms with Gasteiger partial charge in [0.2, 0.25) is 0 Å². The molecule has 2 aliphatic heterocycles. The summed E-state index contributed by atoms with van der Waals surface area (Å²) in [6, 6.07) is 15.3. The second-order valence-corrected chi connectivity index (χ2v) is 6.09. The second kappa shape index (κ2) is 4.62. The first-order valence-corrected chi connectivity index (χ1v) is 7.64. The third-order valence-electron chi connectivity index (χ3n) is 4.93. The largest absolute Gasteiger partial charge is 0.333 e. The summed E-state index contributed by atoms with van der Waals surface area (Å²) in [5, 5.41) is 2.35. The van der Waals surface area contributed by atoms with Crippen molar-refractivity contribution in [3.05, 3.63) is 48.0 Å². The lowest BCUT2D eigenvalue weighted by molar-refractivity contribution is 0.0595. The average Bonchev–Trinajstić information content (AvgIpc) is 2.75. The quantitative estimate of drug-likeness (QED) is 0.763. The monoisotopic (exact) mass is 265 g/mol. The second-order valence-electron chi connectivity index (χ2n) is 6.09. The Morgan fingerprint density at radius 3 is 2.35 bits per heavy atom. The van der Waals surface area contributed by atoms with Crippen LogP contribution in [0, 0.1) is 0 Å². The number of carbonyl (C=O) groups excluding carboxylic acids is 1. The van der Waals surface area contributed by atoms with Crippen LogP contribution in [0.2, 0.25) is 0 Å². The zero-order valence-electron chi connectivity index (χ0n) is 11.6. The number of carbonyl (C=O) groups is 1. The highest BCUT2D eigenvalue weighted by atomic mass is 16.2. The highest BCUT2D eigenvalue weighted by Crippen LogP contribution is 2.36. The van der Waals surface area contributed by atoms with Gasteiger partial charge in [0.25, 0.3) is 5.91 Å². The van der Waals surface area contributed by atoms with E-state index in [1.807, 2.05) is 24.3 Å². The summed E-state index contributed by atoms with van der Waals surface area (Å²) >= 11 is 0. The predicted molar refractivity (Wildman–Crippen MR) is 80.8 cm³/mol. The van der Waals surface area contributed by atoms with Crippen LogP contribution in [-0.4, -0.2) is 22.9 Å². The molecule has 2 heteroatoms. The third kappa shape index (κ3) is 1.82. The molecule has 2 fully saturated rings. The van der Waals surface area contributed by atoms with Crippen LogP contribution in [0.1, 0.15) is 42.5 Å².